The topological polar surface area (TPSA) is 135 Å². The fourth-order valence-corrected chi connectivity index (χ4v) is 5.84. The molecular formula is C30H25ClN2O8S. The van der Waals surface area contributed by atoms with Gasteiger partial charge in [-0.2, -0.15) is 0 Å². The van der Waals surface area contributed by atoms with Crippen molar-refractivity contribution in [3.8, 4) is 17.2 Å². The Bertz CT molecular complexity index is 1730. The summed E-state index contributed by atoms with van der Waals surface area (Å²) in [7, 11) is 0. The number of halogens is 1. The maximum Gasteiger partial charge on any atom is 0.301 e. The third-order valence-corrected chi connectivity index (χ3v) is 7.54. The van der Waals surface area contributed by atoms with Crippen molar-refractivity contribution in [3.05, 3.63) is 82.4 Å². The van der Waals surface area contributed by atoms with Crippen LogP contribution in [-0.4, -0.2) is 52.7 Å². The number of aliphatic carboxylic acids is 1. The predicted molar refractivity (Wildman–Crippen MR) is 158 cm³/mol. The zero-order chi connectivity index (χ0) is 30.0. The maximum atomic E-state index is 13.5. The van der Waals surface area contributed by atoms with Crippen molar-refractivity contribution in [1.82, 2.24) is 4.98 Å². The fraction of sp³-hybridized carbons (Fsp3) is 0.200. The van der Waals surface area contributed by atoms with Gasteiger partial charge < -0.3 is 24.4 Å². The number of aliphatic hydroxyl groups is 1. The van der Waals surface area contributed by atoms with E-state index < -0.39 is 23.7 Å². The number of Topliss-reactive ketones (excluding diaryl/α,β-unsaturated/α-hetero) is 1. The van der Waals surface area contributed by atoms with Crippen LogP contribution in [0.15, 0.2) is 66.2 Å². The molecule has 0 radical (unpaired) electrons. The number of carboxylic acids is 1. The molecule has 10 nitrogen and oxygen atoms in total. The number of carbonyl (C=O) groups is 3. The van der Waals surface area contributed by atoms with E-state index >= 15 is 0 Å². The summed E-state index contributed by atoms with van der Waals surface area (Å²) in [5, 5.41) is 19.6. The molecule has 2 aliphatic heterocycles. The molecule has 42 heavy (non-hydrogen) atoms. The van der Waals surface area contributed by atoms with Crippen LogP contribution < -0.4 is 19.1 Å². The van der Waals surface area contributed by atoms with Crippen molar-refractivity contribution in [2.24, 2.45) is 0 Å². The molecule has 3 aromatic carbocycles. The van der Waals surface area contributed by atoms with Crippen molar-refractivity contribution >= 4 is 61.7 Å². The highest BCUT2D eigenvalue weighted by Crippen LogP contribution is 2.45. The van der Waals surface area contributed by atoms with Gasteiger partial charge in [0.2, 0.25) is 0 Å². The lowest BCUT2D eigenvalue weighted by Gasteiger charge is -2.23. The van der Waals surface area contributed by atoms with E-state index in [1.165, 1.54) is 16.2 Å². The summed E-state index contributed by atoms with van der Waals surface area (Å²) in [6, 6.07) is 16.2. The first-order chi connectivity index (χ1) is 20.2. The van der Waals surface area contributed by atoms with Gasteiger partial charge in [-0.15, -0.1) is 0 Å². The number of aromatic nitrogens is 1. The molecule has 0 saturated carbocycles. The normalized spacial score (nSPS) is 17.1. The summed E-state index contributed by atoms with van der Waals surface area (Å²) in [4.78, 5) is 41.9. The van der Waals surface area contributed by atoms with Crippen LogP contribution in [0.3, 0.4) is 0 Å². The van der Waals surface area contributed by atoms with Gasteiger partial charge in [-0.05, 0) is 61.0 Å². The van der Waals surface area contributed by atoms with E-state index in [1.54, 1.807) is 54.6 Å². The fourth-order valence-electron chi connectivity index (χ4n) is 4.62. The zero-order valence-electron chi connectivity index (χ0n) is 22.5. The molecule has 1 fully saturated rings. The van der Waals surface area contributed by atoms with E-state index in [-0.39, 0.29) is 11.3 Å². The van der Waals surface area contributed by atoms with Gasteiger partial charge in [-0.3, -0.25) is 19.3 Å². The number of hydrogen-bond donors (Lipinski definition) is 2. The molecule has 2 aliphatic rings. The van der Waals surface area contributed by atoms with Gasteiger partial charge in [0.25, 0.3) is 11.8 Å². The van der Waals surface area contributed by atoms with Gasteiger partial charge in [0, 0.05) is 17.5 Å². The minimum atomic E-state index is -0.950. The molecule has 1 atom stereocenters. The summed E-state index contributed by atoms with van der Waals surface area (Å²) < 4.78 is 17.6. The summed E-state index contributed by atoms with van der Waals surface area (Å²) in [5.74, 6) is -1.10. The largest absolute Gasteiger partial charge is 0.507 e. The number of ether oxygens (including phenoxy) is 3. The highest BCUT2D eigenvalue weighted by Gasteiger charge is 2.48. The first-order valence-corrected chi connectivity index (χ1v) is 14.1. The summed E-state index contributed by atoms with van der Waals surface area (Å²) in [5.41, 5.74) is 1.48. The number of nitrogens with zero attached hydrogens (tertiary/aromatic N) is 2. The van der Waals surface area contributed by atoms with Gasteiger partial charge in [0.05, 0.1) is 28.4 Å². The minimum absolute atomic E-state index is 0.0665. The molecule has 3 heterocycles. The third-order valence-electron chi connectivity index (χ3n) is 6.29. The van der Waals surface area contributed by atoms with Gasteiger partial charge in [0.1, 0.15) is 24.7 Å². The average molecular weight is 609 g/mol. The first kappa shape index (κ1) is 28.9. The summed E-state index contributed by atoms with van der Waals surface area (Å²) in [6.45, 7) is 4.29. The third kappa shape index (κ3) is 5.74. The Kier molecular flexibility index (Phi) is 8.32. The average Bonchev–Trinajstić information content (AvgIpc) is 3.50. The number of carbonyl (C=O) groups excluding carboxylic acids is 2. The molecule has 2 N–H and O–H groups in total. The van der Waals surface area contributed by atoms with E-state index in [2.05, 4.69) is 4.98 Å². The van der Waals surface area contributed by atoms with Crippen molar-refractivity contribution in [3.63, 3.8) is 0 Å². The minimum Gasteiger partial charge on any atom is -0.507 e. The van der Waals surface area contributed by atoms with Crippen LogP contribution >= 0.6 is 22.9 Å². The number of benzene rings is 3. The quantitative estimate of drug-likeness (QED) is 0.163. The van der Waals surface area contributed by atoms with Crippen LogP contribution in [-0.2, 0) is 14.4 Å². The highest BCUT2D eigenvalue weighted by atomic mass is 35.5. The standard InChI is InChI=1S/C28H21ClN2O6S.C2H4O2/c1-2-35-18-7-8-19-22(14-18)38-28(30-19)31-24(15-4-3-5-17(29)12-15)23(26(33)27(31)34)25(32)16-6-9-20-21(13-16)37-11-10-36-20;1-2(3)4/h3-9,12-14,24,32H,2,10-11H2,1H3;1H3,(H,3,4)/b25-23+;. The van der Waals surface area contributed by atoms with Crippen molar-refractivity contribution in [1.29, 1.82) is 0 Å². The molecule has 1 amide bonds. The van der Waals surface area contributed by atoms with Crippen LogP contribution in [0.25, 0.3) is 16.0 Å². The molecular weight excluding hydrogens is 584 g/mol. The van der Waals surface area contributed by atoms with E-state index in [0.29, 0.717) is 63.9 Å². The first-order valence-electron chi connectivity index (χ1n) is 12.9. The molecule has 1 aromatic heterocycles. The molecule has 4 aromatic rings. The molecule has 0 spiro atoms. The Morgan fingerprint density at radius 1 is 1.07 bits per heavy atom. The number of amides is 1. The van der Waals surface area contributed by atoms with Gasteiger partial charge in [0.15, 0.2) is 16.6 Å². The van der Waals surface area contributed by atoms with Crippen molar-refractivity contribution in [2.75, 3.05) is 24.7 Å². The molecule has 6 rings (SSSR count). The maximum absolute atomic E-state index is 13.5. The van der Waals surface area contributed by atoms with E-state index in [1.807, 2.05) is 13.0 Å². The Labute approximate surface area is 249 Å². The number of aliphatic hydroxyl groups excluding tert-OH is 1. The SMILES string of the molecule is CC(=O)O.CCOc1ccc2nc(N3C(=O)C(=O)/C(=C(/O)c4ccc5c(c4)OCCO5)C3c3cccc(Cl)c3)sc2c1. The van der Waals surface area contributed by atoms with Crippen LogP contribution in [0.2, 0.25) is 5.02 Å². The lowest BCUT2D eigenvalue weighted by atomic mass is 9.95. The summed E-state index contributed by atoms with van der Waals surface area (Å²) >= 11 is 7.56. The summed E-state index contributed by atoms with van der Waals surface area (Å²) in [6.07, 6.45) is 0. The monoisotopic (exact) mass is 608 g/mol. The van der Waals surface area contributed by atoms with Gasteiger partial charge >= 0.3 is 5.91 Å². The number of rotatable bonds is 5. The Morgan fingerprint density at radius 3 is 2.52 bits per heavy atom. The number of carboxylic acid groups (broad SMARTS) is 1. The molecule has 216 valence electrons. The van der Waals surface area contributed by atoms with Crippen LogP contribution in [0.5, 0.6) is 17.2 Å². The van der Waals surface area contributed by atoms with Gasteiger partial charge in [-0.25, -0.2) is 4.98 Å². The van der Waals surface area contributed by atoms with Crippen LogP contribution in [0.1, 0.15) is 31.0 Å². The van der Waals surface area contributed by atoms with E-state index in [0.717, 1.165) is 11.6 Å². The van der Waals surface area contributed by atoms with Gasteiger partial charge in [-0.1, -0.05) is 35.1 Å². The van der Waals surface area contributed by atoms with Crippen LogP contribution in [0, 0.1) is 0 Å². The molecule has 12 heteroatoms. The zero-order valence-corrected chi connectivity index (χ0v) is 24.1. The number of hydrogen-bond acceptors (Lipinski definition) is 9. The predicted octanol–water partition coefficient (Wildman–Crippen LogP) is 5.84. The van der Waals surface area contributed by atoms with Crippen molar-refractivity contribution in [2.45, 2.75) is 19.9 Å². The Balaban J connectivity index is 0.000000830. The second-order valence-corrected chi connectivity index (χ2v) is 10.6. The van der Waals surface area contributed by atoms with E-state index in [4.69, 9.17) is 35.7 Å². The highest BCUT2D eigenvalue weighted by molar-refractivity contribution is 7.22. The smallest absolute Gasteiger partial charge is 0.301 e. The van der Waals surface area contributed by atoms with Crippen LogP contribution in [0.4, 0.5) is 5.13 Å². The Hall–Kier alpha value is -4.61. The lowest BCUT2D eigenvalue weighted by Crippen LogP contribution is -2.29. The number of fused-ring (bicyclic) bond motifs is 2. The molecule has 1 unspecified atom stereocenters. The molecule has 1 saturated heterocycles. The second kappa shape index (κ2) is 12.1. The van der Waals surface area contributed by atoms with E-state index in [9.17, 15) is 14.7 Å². The number of thiazole rings is 1. The van der Waals surface area contributed by atoms with Crippen molar-refractivity contribution < 1.29 is 38.8 Å². The molecule has 0 aliphatic carbocycles. The lowest BCUT2D eigenvalue weighted by molar-refractivity contribution is -0.134. The Morgan fingerprint density at radius 2 is 1.81 bits per heavy atom. The second-order valence-electron chi connectivity index (χ2n) is 9.16. The number of ketones is 1. The molecule has 0 bridgehead atoms. The number of anilines is 1.